The lowest BCUT2D eigenvalue weighted by Crippen LogP contribution is -2.60. The number of carbonyl (C=O) groups excluding carboxylic acids is 2. The molecule has 2 aliphatic carbocycles. The monoisotopic (exact) mass is 374 g/mol. The highest BCUT2D eigenvalue weighted by Gasteiger charge is 2.63. The number of hydrogen-bond donors (Lipinski definition) is 1. The highest BCUT2D eigenvalue weighted by molar-refractivity contribution is 5.90. The van der Waals surface area contributed by atoms with Gasteiger partial charge in [0.15, 0.2) is 0 Å². The molecule has 27 heavy (non-hydrogen) atoms. The topological polar surface area (TPSA) is 86.0 Å². The van der Waals surface area contributed by atoms with Crippen LogP contribution in [0.4, 0.5) is 0 Å². The van der Waals surface area contributed by atoms with Crippen molar-refractivity contribution in [2.75, 3.05) is 7.11 Å². The van der Waals surface area contributed by atoms with Gasteiger partial charge in [0.05, 0.1) is 31.7 Å². The maximum Gasteiger partial charge on any atom is 0.333 e. The number of carbonyl (C=O) groups is 2. The van der Waals surface area contributed by atoms with Gasteiger partial charge in [-0.3, -0.25) is 4.79 Å². The molecule has 0 amide bonds. The van der Waals surface area contributed by atoms with Crippen molar-refractivity contribution >= 4 is 11.9 Å². The minimum atomic E-state index is -0.618. The van der Waals surface area contributed by atoms with Crippen molar-refractivity contribution in [3.63, 3.8) is 0 Å². The summed E-state index contributed by atoms with van der Waals surface area (Å²) in [6.45, 7) is 4.09. The van der Waals surface area contributed by atoms with E-state index in [1.807, 2.05) is 13.0 Å². The third-order valence-electron chi connectivity index (χ3n) is 7.20. The summed E-state index contributed by atoms with van der Waals surface area (Å²) in [5.41, 5.74) is 0.425. The van der Waals surface area contributed by atoms with E-state index in [0.717, 1.165) is 5.56 Å². The van der Waals surface area contributed by atoms with Crippen molar-refractivity contribution in [1.82, 2.24) is 0 Å². The second-order valence-electron chi connectivity index (χ2n) is 8.59. The average Bonchev–Trinajstić information content (AvgIpc) is 3.14. The number of hydrogen-bond acceptors (Lipinski definition) is 6. The number of furan rings is 1. The Kier molecular flexibility index (Phi) is 4.22. The van der Waals surface area contributed by atoms with Gasteiger partial charge in [-0.25, -0.2) is 4.79 Å². The molecular formula is C21H26O6. The van der Waals surface area contributed by atoms with Crippen LogP contribution in [-0.2, 0) is 19.1 Å². The Hall–Kier alpha value is -2.08. The van der Waals surface area contributed by atoms with Crippen LogP contribution in [0.2, 0.25) is 0 Å². The predicted octanol–water partition coefficient (Wildman–Crippen LogP) is 3.17. The summed E-state index contributed by atoms with van der Waals surface area (Å²) >= 11 is 0. The number of rotatable bonds is 2. The molecule has 1 aromatic heterocycles. The van der Waals surface area contributed by atoms with Gasteiger partial charge >= 0.3 is 11.9 Å². The maximum absolute atomic E-state index is 12.9. The number of methoxy groups -OCH3 is 1. The maximum atomic E-state index is 12.9. The Morgan fingerprint density at radius 2 is 2.15 bits per heavy atom. The van der Waals surface area contributed by atoms with Gasteiger partial charge in [0.2, 0.25) is 0 Å². The lowest BCUT2D eigenvalue weighted by Gasteiger charge is -2.60. The van der Waals surface area contributed by atoms with Crippen molar-refractivity contribution in [3.05, 3.63) is 35.8 Å². The number of ether oxygens (including phenoxy) is 2. The first-order valence-corrected chi connectivity index (χ1v) is 9.51. The number of aliphatic hydroxyl groups is 1. The lowest BCUT2D eigenvalue weighted by atomic mass is 9.45. The molecule has 2 fully saturated rings. The molecule has 4 rings (SSSR count). The molecule has 0 radical (unpaired) electrons. The molecule has 0 bridgehead atoms. The Bertz CT molecular complexity index is 781. The summed E-state index contributed by atoms with van der Waals surface area (Å²) in [7, 11) is 1.38. The summed E-state index contributed by atoms with van der Waals surface area (Å²) in [6.07, 6.45) is 6.20. The van der Waals surface area contributed by atoms with Crippen LogP contribution in [-0.4, -0.2) is 30.3 Å². The van der Waals surface area contributed by atoms with Gasteiger partial charge in [-0.05, 0) is 37.2 Å². The quantitative estimate of drug-likeness (QED) is 0.800. The van der Waals surface area contributed by atoms with Crippen LogP contribution in [0.1, 0.15) is 51.2 Å². The van der Waals surface area contributed by atoms with Crippen LogP contribution >= 0.6 is 0 Å². The first-order chi connectivity index (χ1) is 12.8. The van der Waals surface area contributed by atoms with Gasteiger partial charge < -0.3 is 19.0 Å². The third-order valence-corrected chi connectivity index (χ3v) is 7.20. The van der Waals surface area contributed by atoms with Crippen molar-refractivity contribution in [3.8, 4) is 0 Å². The van der Waals surface area contributed by atoms with E-state index >= 15 is 0 Å². The first-order valence-electron chi connectivity index (χ1n) is 9.51. The van der Waals surface area contributed by atoms with Gasteiger partial charge in [0.25, 0.3) is 0 Å². The largest absolute Gasteiger partial charge is 0.472 e. The molecule has 1 aliphatic heterocycles. The second-order valence-corrected chi connectivity index (χ2v) is 8.59. The minimum absolute atomic E-state index is 0.224. The van der Waals surface area contributed by atoms with E-state index in [4.69, 9.17) is 13.9 Å². The molecule has 1 N–H and O–H groups in total. The highest BCUT2D eigenvalue weighted by Crippen LogP contribution is 2.64. The van der Waals surface area contributed by atoms with E-state index < -0.39 is 23.0 Å². The zero-order valence-electron chi connectivity index (χ0n) is 15.9. The smallest absolute Gasteiger partial charge is 0.333 e. The normalized spacial score (nSPS) is 41.0. The van der Waals surface area contributed by atoms with Gasteiger partial charge in [0, 0.05) is 22.5 Å². The molecule has 6 atom stereocenters. The van der Waals surface area contributed by atoms with Gasteiger partial charge in [-0.1, -0.05) is 19.9 Å². The van der Waals surface area contributed by atoms with Crippen LogP contribution in [0.3, 0.4) is 0 Å². The zero-order valence-corrected chi connectivity index (χ0v) is 15.9. The lowest BCUT2D eigenvalue weighted by molar-refractivity contribution is -0.200. The van der Waals surface area contributed by atoms with E-state index in [-0.39, 0.29) is 23.8 Å². The van der Waals surface area contributed by atoms with E-state index in [2.05, 4.69) is 6.92 Å². The third kappa shape index (κ3) is 2.57. The van der Waals surface area contributed by atoms with Crippen molar-refractivity contribution < 1.29 is 28.6 Å². The van der Waals surface area contributed by atoms with Crippen LogP contribution in [0, 0.1) is 22.7 Å². The molecule has 6 nitrogen and oxygen atoms in total. The summed E-state index contributed by atoms with van der Waals surface area (Å²) < 4.78 is 15.9. The molecule has 3 aliphatic rings. The summed E-state index contributed by atoms with van der Waals surface area (Å²) in [5, 5.41) is 11.0. The second kappa shape index (κ2) is 6.23. The van der Waals surface area contributed by atoms with Crippen molar-refractivity contribution in [2.24, 2.45) is 22.7 Å². The SMILES string of the molecule is COC(=O)C1=CCC(O)C2[C@@]1(C)CC[C@H]1C(=O)O[C@H](c3ccoc3)C[C@]21C. The number of fused-ring (bicyclic) bond motifs is 3. The summed E-state index contributed by atoms with van der Waals surface area (Å²) in [5.74, 6) is -1.09. The van der Waals surface area contributed by atoms with Crippen LogP contribution in [0.5, 0.6) is 0 Å². The molecule has 6 heteroatoms. The average molecular weight is 374 g/mol. The van der Waals surface area contributed by atoms with Gasteiger partial charge in [-0.2, -0.15) is 0 Å². The fourth-order valence-corrected chi connectivity index (χ4v) is 6.04. The van der Waals surface area contributed by atoms with E-state index in [1.54, 1.807) is 18.6 Å². The Morgan fingerprint density at radius 3 is 2.81 bits per heavy atom. The van der Waals surface area contributed by atoms with E-state index in [0.29, 0.717) is 31.3 Å². The number of aliphatic hydroxyl groups excluding tert-OH is 1. The molecule has 2 heterocycles. The molecule has 0 aromatic carbocycles. The van der Waals surface area contributed by atoms with Crippen molar-refractivity contribution in [2.45, 2.75) is 51.7 Å². The van der Waals surface area contributed by atoms with Crippen LogP contribution in [0.15, 0.2) is 34.7 Å². The standard InChI is InChI=1S/C21H26O6/c1-20-8-6-14-19(24)27-16(12-7-9-26-11-12)10-21(14,2)17(20)15(22)5-4-13(20)18(23)25-3/h4,7,9,11,14-17,22H,5-6,8,10H2,1-3H3/t14-,15?,16-,17?,20-,21-/m0/s1. The van der Waals surface area contributed by atoms with Crippen LogP contribution < -0.4 is 0 Å². The fourth-order valence-electron chi connectivity index (χ4n) is 6.04. The molecule has 146 valence electrons. The Labute approximate surface area is 158 Å². The highest BCUT2D eigenvalue weighted by atomic mass is 16.5. The van der Waals surface area contributed by atoms with E-state index in [9.17, 15) is 14.7 Å². The van der Waals surface area contributed by atoms with E-state index in [1.165, 1.54) is 7.11 Å². The Morgan fingerprint density at radius 1 is 1.37 bits per heavy atom. The van der Waals surface area contributed by atoms with Crippen molar-refractivity contribution in [1.29, 1.82) is 0 Å². The predicted molar refractivity (Wildman–Crippen MR) is 95.3 cm³/mol. The molecular weight excluding hydrogens is 348 g/mol. The van der Waals surface area contributed by atoms with Crippen LogP contribution in [0.25, 0.3) is 0 Å². The zero-order chi connectivity index (χ0) is 19.4. The molecule has 2 unspecified atom stereocenters. The molecule has 1 saturated heterocycles. The number of cyclic esters (lactones) is 1. The summed E-state index contributed by atoms with van der Waals surface area (Å²) in [4.78, 5) is 25.3. The number of esters is 2. The Balaban J connectivity index is 1.77. The first kappa shape index (κ1) is 18.3. The van der Waals surface area contributed by atoms with Gasteiger partial charge in [0.1, 0.15) is 6.10 Å². The molecule has 0 spiro atoms. The molecule has 1 aromatic rings. The minimum Gasteiger partial charge on any atom is -0.472 e. The summed E-state index contributed by atoms with van der Waals surface area (Å²) in [6, 6.07) is 1.81. The molecule has 1 saturated carbocycles. The fraction of sp³-hybridized carbons (Fsp3) is 0.619. The van der Waals surface area contributed by atoms with Gasteiger partial charge in [-0.15, -0.1) is 0 Å².